The number of fused-ring (bicyclic) bond motifs is 1. The van der Waals surface area contributed by atoms with E-state index in [1.807, 2.05) is 11.4 Å². The molecule has 1 fully saturated rings. The van der Waals surface area contributed by atoms with Crippen LogP contribution < -0.4 is 9.64 Å². The van der Waals surface area contributed by atoms with Crippen molar-refractivity contribution in [3.8, 4) is 5.75 Å². The van der Waals surface area contributed by atoms with Crippen molar-refractivity contribution in [2.24, 2.45) is 0 Å². The Labute approximate surface area is 187 Å². The summed E-state index contributed by atoms with van der Waals surface area (Å²) in [7, 11) is 1.54. The summed E-state index contributed by atoms with van der Waals surface area (Å²) < 4.78 is 5.13. The summed E-state index contributed by atoms with van der Waals surface area (Å²) in [5.74, 6) is -1.04. The number of anilines is 1. The summed E-state index contributed by atoms with van der Waals surface area (Å²) in [4.78, 5) is 45.1. The van der Waals surface area contributed by atoms with Gasteiger partial charge < -0.3 is 4.74 Å². The van der Waals surface area contributed by atoms with Crippen molar-refractivity contribution in [3.63, 3.8) is 0 Å². The van der Waals surface area contributed by atoms with Crippen molar-refractivity contribution < 1.29 is 19.1 Å². The van der Waals surface area contributed by atoms with E-state index < -0.39 is 17.8 Å². The van der Waals surface area contributed by atoms with Crippen LogP contribution >= 0.6 is 22.7 Å². The maximum absolute atomic E-state index is 13.1. The molecule has 158 valence electrons. The van der Waals surface area contributed by atoms with Crippen LogP contribution in [-0.2, 0) is 16.0 Å². The number of urea groups is 1. The van der Waals surface area contributed by atoms with Gasteiger partial charge >= 0.3 is 17.8 Å². The first-order valence-corrected chi connectivity index (χ1v) is 11.5. The van der Waals surface area contributed by atoms with Crippen molar-refractivity contribution in [2.75, 3.05) is 25.2 Å². The zero-order valence-corrected chi connectivity index (χ0v) is 18.3. The summed E-state index contributed by atoms with van der Waals surface area (Å²) in [5, 5.41) is 4.10. The molecule has 2 aromatic heterocycles. The molecule has 4 heterocycles. The van der Waals surface area contributed by atoms with Crippen molar-refractivity contribution >= 4 is 46.2 Å². The maximum atomic E-state index is 13.1. The second-order valence-corrected chi connectivity index (χ2v) is 9.26. The number of imide groups is 2. The predicted octanol–water partition coefficient (Wildman–Crippen LogP) is 3.72. The molecular weight excluding hydrogens is 434 g/mol. The second-order valence-electron chi connectivity index (χ2n) is 7.28. The number of nitrogens with zero attached hydrogens (tertiary/aromatic N) is 3. The Morgan fingerprint density at radius 2 is 1.81 bits per heavy atom. The lowest BCUT2D eigenvalue weighted by molar-refractivity contribution is -0.140. The van der Waals surface area contributed by atoms with E-state index in [0.29, 0.717) is 18.0 Å². The Balaban J connectivity index is 1.43. The van der Waals surface area contributed by atoms with E-state index in [1.165, 1.54) is 17.6 Å². The van der Waals surface area contributed by atoms with Gasteiger partial charge in [-0.3, -0.25) is 14.5 Å². The summed E-state index contributed by atoms with van der Waals surface area (Å²) >= 11 is 3.38. The molecule has 0 radical (unpaired) electrons. The molecule has 0 saturated carbocycles. The van der Waals surface area contributed by atoms with Gasteiger partial charge in [0, 0.05) is 16.3 Å². The first kappa shape index (κ1) is 19.9. The predicted molar refractivity (Wildman–Crippen MR) is 118 cm³/mol. The van der Waals surface area contributed by atoms with Crippen LogP contribution in [0.25, 0.3) is 0 Å². The van der Waals surface area contributed by atoms with Gasteiger partial charge in [0.25, 0.3) is 0 Å². The fraction of sp³-hybridized carbons (Fsp3) is 0.227. The van der Waals surface area contributed by atoms with Crippen LogP contribution in [0.1, 0.15) is 21.4 Å². The lowest BCUT2D eigenvalue weighted by atomic mass is 9.99. The minimum absolute atomic E-state index is 0.0410. The van der Waals surface area contributed by atoms with Crippen molar-refractivity contribution in [1.29, 1.82) is 0 Å². The molecule has 1 aromatic carbocycles. The van der Waals surface area contributed by atoms with E-state index in [1.54, 1.807) is 46.9 Å². The summed E-state index contributed by atoms with van der Waals surface area (Å²) in [6.45, 7) is 0.762. The molecular formula is C22H19N3O4S2. The first-order valence-electron chi connectivity index (χ1n) is 9.76. The Morgan fingerprint density at radius 1 is 1.00 bits per heavy atom. The number of carbonyl (C=O) groups excluding carboxylic acids is 3. The van der Waals surface area contributed by atoms with E-state index in [9.17, 15) is 14.4 Å². The van der Waals surface area contributed by atoms with Crippen LogP contribution in [0.4, 0.5) is 10.5 Å². The number of ether oxygens (including phenoxy) is 1. The van der Waals surface area contributed by atoms with Gasteiger partial charge in [-0.1, -0.05) is 6.07 Å². The molecule has 5 rings (SSSR count). The lowest BCUT2D eigenvalue weighted by Crippen LogP contribution is -2.46. The molecule has 0 unspecified atom stereocenters. The number of rotatable bonds is 5. The molecule has 9 heteroatoms. The molecule has 7 nitrogen and oxygen atoms in total. The minimum Gasteiger partial charge on any atom is -0.497 e. The lowest BCUT2D eigenvalue weighted by Gasteiger charge is -2.36. The van der Waals surface area contributed by atoms with Crippen LogP contribution in [-0.4, -0.2) is 48.0 Å². The zero-order valence-electron chi connectivity index (χ0n) is 16.7. The summed E-state index contributed by atoms with van der Waals surface area (Å²) in [6.07, 6.45) is 0.848. The van der Waals surface area contributed by atoms with Crippen LogP contribution in [0.3, 0.4) is 0 Å². The average Bonchev–Trinajstić information content (AvgIpc) is 3.52. The summed E-state index contributed by atoms with van der Waals surface area (Å²) in [5.41, 5.74) is 1.55. The average molecular weight is 454 g/mol. The van der Waals surface area contributed by atoms with E-state index in [0.717, 1.165) is 21.1 Å². The van der Waals surface area contributed by atoms with Gasteiger partial charge in [-0.2, -0.15) is 0 Å². The fourth-order valence-electron chi connectivity index (χ4n) is 4.07. The SMILES string of the molecule is COc1ccc(N2C(=O)C(=O)N(CN3CCc4sccc4[C@H]3c3cccs3)C2=O)cc1. The first-order chi connectivity index (χ1) is 15.1. The minimum atomic E-state index is -0.837. The summed E-state index contributed by atoms with van der Waals surface area (Å²) in [6, 6.07) is 12.0. The van der Waals surface area contributed by atoms with Crippen LogP contribution in [0.5, 0.6) is 5.75 Å². The topological polar surface area (TPSA) is 70.2 Å². The van der Waals surface area contributed by atoms with Crippen molar-refractivity contribution in [3.05, 3.63) is 68.5 Å². The van der Waals surface area contributed by atoms with E-state index in [-0.39, 0.29) is 12.7 Å². The molecule has 0 N–H and O–H groups in total. The van der Waals surface area contributed by atoms with Gasteiger partial charge in [0.1, 0.15) is 5.75 Å². The Hall–Kier alpha value is -3.01. The van der Waals surface area contributed by atoms with Crippen LogP contribution in [0.2, 0.25) is 0 Å². The second kappa shape index (κ2) is 7.92. The van der Waals surface area contributed by atoms with E-state index in [2.05, 4.69) is 22.4 Å². The number of thiophene rings is 2. The monoisotopic (exact) mass is 453 g/mol. The van der Waals surface area contributed by atoms with Crippen molar-refractivity contribution in [2.45, 2.75) is 12.5 Å². The highest BCUT2D eigenvalue weighted by atomic mass is 32.1. The van der Waals surface area contributed by atoms with Crippen LogP contribution in [0.15, 0.2) is 53.2 Å². The Kier molecular flexibility index (Phi) is 5.09. The third kappa shape index (κ3) is 3.34. The number of carbonyl (C=O) groups is 3. The molecule has 0 bridgehead atoms. The molecule has 1 saturated heterocycles. The number of benzene rings is 1. The van der Waals surface area contributed by atoms with E-state index >= 15 is 0 Å². The van der Waals surface area contributed by atoms with Gasteiger partial charge in [0.15, 0.2) is 0 Å². The largest absolute Gasteiger partial charge is 0.497 e. The molecule has 2 aliphatic rings. The molecule has 0 spiro atoms. The molecule has 1 atom stereocenters. The highest BCUT2D eigenvalue weighted by Crippen LogP contribution is 2.39. The number of hydrogen-bond donors (Lipinski definition) is 0. The molecule has 0 aliphatic carbocycles. The van der Waals surface area contributed by atoms with Crippen molar-refractivity contribution in [1.82, 2.24) is 9.80 Å². The third-order valence-corrected chi connectivity index (χ3v) is 7.51. The van der Waals surface area contributed by atoms with Gasteiger partial charge in [0.2, 0.25) is 0 Å². The zero-order chi connectivity index (χ0) is 21.5. The smallest absolute Gasteiger partial charge is 0.340 e. The quantitative estimate of drug-likeness (QED) is 0.435. The maximum Gasteiger partial charge on any atom is 0.340 e. The Morgan fingerprint density at radius 3 is 2.52 bits per heavy atom. The Bertz CT molecular complexity index is 1140. The van der Waals surface area contributed by atoms with Gasteiger partial charge in [-0.15, -0.1) is 22.7 Å². The molecule has 3 aromatic rings. The molecule has 4 amide bonds. The normalized spacial score (nSPS) is 19.3. The molecule has 2 aliphatic heterocycles. The van der Waals surface area contributed by atoms with Gasteiger partial charge in [-0.05, 0) is 59.1 Å². The molecule has 31 heavy (non-hydrogen) atoms. The van der Waals surface area contributed by atoms with Gasteiger partial charge in [-0.25, -0.2) is 14.6 Å². The highest BCUT2D eigenvalue weighted by Gasteiger charge is 2.47. The number of hydrogen-bond acceptors (Lipinski definition) is 7. The standard InChI is InChI=1S/C22H19N3O4S2/c1-29-15-6-4-14(5-7-15)25-21(27)20(26)24(22(25)28)13-23-10-8-17-16(9-12-31-17)19(23)18-3-2-11-30-18/h2-7,9,11-12,19H,8,10,13H2,1H3/t19-/m0/s1. The van der Waals surface area contributed by atoms with Gasteiger partial charge in [0.05, 0.1) is 25.5 Å². The van der Waals surface area contributed by atoms with Crippen LogP contribution in [0, 0.1) is 0 Å². The van der Waals surface area contributed by atoms with E-state index in [4.69, 9.17) is 4.74 Å². The fourth-order valence-corrected chi connectivity index (χ4v) is 5.85. The number of methoxy groups -OCH3 is 1. The highest BCUT2D eigenvalue weighted by molar-refractivity contribution is 7.10. The third-order valence-electron chi connectivity index (χ3n) is 5.59. The number of amides is 4.